The van der Waals surface area contributed by atoms with Crippen LogP contribution < -0.4 is 14.8 Å². The first-order valence-electron chi connectivity index (χ1n) is 6.68. The van der Waals surface area contributed by atoms with Gasteiger partial charge in [-0.2, -0.15) is 0 Å². The SMILES string of the molecule is CNC(Cc1ccccn1)c1cc(Cl)c(OC)c(OC)c1. The van der Waals surface area contributed by atoms with Gasteiger partial charge in [0.2, 0.25) is 0 Å². The van der Waals surface area contributed by atoms with Crippen LogP contribution in [-0.4, -0.2) is 26.3 Å². The summed E-state index contributed by atoms with van der Waals surface area (Å²) in [5.41, 5.74) is 2.05. The molecule has 0 fully saturated rings. The number of nitrogens with one attached hydrogen (secondary N) is 1. The van der Waals surface area contributed by atoms with Crippen LogP contribution in [0.3, 0.4) is 0 Å². The van der Waals surface area contributed by atoms with E-state index < -0.39 is 0 Å². The summed E-state index contributed by atoms with van der Waals surface area (Å²) in [5.74, 6) is 1.18. The fraction of sp³-hybridized carbons (Fsp3) is 0.312. The number of hydrogen-bond acceptors (Lipinski definition) is 4. The van der Waals surface area contributed by atoms with E-state index in [9.17, 15) is 0 Å². The molecule has 0 amide bonds. The van der Waals surface area contributed by atoms with Gasteiger partial charge in [0.25, 0.3) is 0 Å². The van der Waals surface area contributed by atoms with Crippen LogP contribution in [0.5, 0.6) is 11.5 Å². The van der Waals surface area contributed by atoms with Gasteiger partial charge in [0.15, 0.2) is 11.5 Å². The van der Waals surface area contributed by atoms with Gasteiger partial charge < -0.3 is 14.8 Å². The molecule has 1 atom stereocenters. The molecule has 4 nitrogen and oxygen atoms in total. The molecule has 0 aliphatic heterocycles. The standard InChI is InChI=1S/C16H19ClN2O2/c1-18-14(10-12-6-4-5-7-19-12)11-8-13(17)16(21-3)15(9-11)20-2/h4-9,14,18H,10H2,1-3H3. The predicted octanol–water partition coefficient (Wildman–Crippen LogP) is 3.26. The lowest BCUT2D eigenvalue weighted by Gasteiger charge is -2.19. The first-order chi connectivity index (χ1) is 10.2. The van der Waals surface area contributed by atoms with Crippen molar-refractivity contribution in [1.82, 2.24) is 10.3 Å². The number of pyridine rings is 1. The van der Waals surface area contributed by atoms with Crippen molar-refractivity contribution in [2.45, 2.75) is 12.5 Å². The van der Waals surface area contributed by atoms with Gasteiger partial charge in [-0.05, 0) is 36.9 Å². The molecular formula is C16H19ClN2O2. The number of ether oxygens (including phenoxy) is 2. The number of nitrogens with zero attached hydrogens (tertiary/aromatic N) is 1. The number of halogens is 1. The van der Waals surface area contributed by atoms with E-state index in [1.807, 2.05) is 37.4 Å². The molecule has 1 heterocycles. The second-order valence-corrected chi connectivity index (χ2v) is 5.01. The number of hydrogen-bond donors (Lipinski definition) is 1. The molecule has 1 unspecified atom stereocenters. The maximum Gasteiger partial charge on any atom is 0.179 e. The number of aromatic nitrogens is 1. The summed E-state index contributed by atoms with van der Waals surface area (Å²) < 4.78 is 10.6. The first kappa shape index (κ1) is 15.6. The fourth-order valence-electron chi connectivity index (χ4n) is 2.25. The van der Waals surface area contributed by atoms with E-state index in [1.165, 1.54) is 0 Å². The third-order valence-corrected chi connectivity index (χ3v) is 3.63. The van der Waals surface area contributed by atoms with E-state index >= 15 is 0 Å². The van der Waals surface area contributed by atoms with E-state index in [0.717, 1.165) is 17.7 Å². The normalized spacial score (nSPS) is 12.0. The number of methoxy groups -OCH3 is 2. The summed E-state index contributed by atoms with van der Waals surface area (Å²) in [6.45, 7) is 0. The second-order valence-electron chi connectivity index (χ2n) is 4.60. The molecule has 1 aromatic heterocycles. The zero-order valence-corrected chi connectivity index (χ0v) is 13.1. The Morgan fingerprint density at radius 1 is 1.24 bits per heavy atom. The lowest BCUT2D eigenvalue weighted by Crippen LogP contribution is -2.19. The highest BCUT2D eigenvalue weighted by Crippen LogP contribution is 2.38. The molecular weight excluding hydrogens is 288 g/mol. The van der Waals surface area contributed by atoms with Gasteiger partial charge in [-0.25, -0.2) is 0 Å². The van der Waals surface area contributed by atoms with Gasteiger partial charge in [-0.15, -0.1) is 0 Å². The molecule has 21 heavy (non-hydrogen) atoms. The van der Waals surface area contributed by atoms with Crippen molar-refractivity contribution in [3.8, 4) is 11.5 Å². The Balaban J connectivity index is 2.32. The fourth-order valence-corrected chi connectivity index (χ4v) is 2.55. The maximum absolute atomic E-state index is 6.27. The molecule has 5 heteroatoms. The Hall–Kier alpha value is -1.78. The Bertz CT molecular complexity index is 590. The quantitative estimate of drug-likeness (QED) is 0.889. The van der Waals surface area contributed by atoms with Crippen LogP contribution in [0, 0.1) is 0 Å². The minimum Gasteiger partial charge on any atom is -0.493 e. The van der Waals surface area contributed by atoms with Gasteiger partial charge in [0, 0.05) is 24.4 Å². The maximum atomic E-state index is 6.27. The molecule has 0 saturated heterocycles. The van der Waals surface area contributed by atoms with Crippen molar-refractivity contribution < 1.29 is 9.47 Å². The zero-order valence-electron chi connectivity index (χ0n) is 12.4. The molecule has 0 aliphatic carbocycles. The van der Waals surface area contributed by atoms with Crippen molar-refractivity contribution in [3.05, 3.63) is 52.8 Å². The lowest BCUT2D eigenvalue weighted by molar-refractivity contribution is 0.354. The highest BCUT2D eigenvalue weighted by Gasteiger charge is 2.17. The molecule has 0 radical (unpaired) electrons. The molecule has 2 rings (SSSR count). The smallest absolute Gasteiger partial charge is 0.179 e. The minimum atomic E-state index is 0.0946. The van der Waals surface area contributed by atoms with Gasteiger partial charge >= 0.3 is 0 Å². The summed E-state index contributed by atoms with van der Waals surface area (Å²) in [6.07, 6.45) is 2.56. The number of benzene rings is 1. The van der Waals surface area contributed by atoms with Gasteiger partial charge in [-0.3, -0.25) is 4.98 Å². The van der Waals surface area contributed by atoms with Crippen LogP contribution in [-0.2, 0) is 6.42 Å². The first-order valence-corrected chi connectivity index (χ1v) is 7.06. The summed E-state index contributed by atoms with van der Waals surface area (Å²) in [4.78, 5) is 4.36. The average molecular weight is 307 g/mol. The van der Waals surface area contributed by atoms with Crippen LogP contribution in [0.2, 0.25) is 5.02 Å². The molecule has 1 aromatic carbocycles. The summed E-state index contributed by atoms with van der Waals surface area (Å²) in [7, 11) is 5.09. The van der Waals surface area contributed by atoms with E-state index in [4.69, 9.17) is 21.1 Å². The van der Waals surface area contributed by atoms with Crippen LogP contribution in [0.15, 0.2) is 36.5 Å². The molecule has 0 spiro atoms. The largest absolute Gasteiger partial charge is 0.493 e. The molecule has 0 saturated carbocycles. The van der Waals surface area contributed by atoms with Gasteiger partial charge in [-0.1, -0.05) is 17.7 Å². The minimum absolute atomic E-state index is 0.0946. The topological polar surface area (TPSA) is 43.4 Å². The van der Waals surface area contributed by atoms with Crippen molar-refractivity contribution in [2.75, 3.05) is 21.3 Å². The summed E-state index contributed by atoms with van der Waals surface area (Å²) in [6, 6.07) is 9.83. The van der Waals surface area contributed by atoms with Crippen LogP contribution in [0.25, 0.3) is 0 Å². The lowest BCUT2D eigenvalue weighted by atomic mass is 10.0. The Kier molecular flexibility index (Phi) is 5.42. The number of rotatable bonds is 6. The predicted molar refractivity (Wildman–Crippen MR) is 84.3 cm³/mol. The van der Waals surface area contributed by atoms with E-state index in [1.54, 1.807) is 20.4 Å². The van der Waals surface area contributed by atoms with Crippen molar-refractivity contribution in [1.29, 1.82) is 0 Å². The Morgan fingerprint density at radius 2 is 2.05 bits per heavy atom. The Labute approximate surface area is 130 Å². The summed E-state index contributed by atoms with van der Waals surface area (Å²) >= 11 is 6.27. The van der Waals surface area contributed by atoms with Crippen molar-refractivity contribution in [2.24, 2.45) is 0 Å². The summed E-state index contributed by atoms with van der Waals surface area (Å²) in [5, 5.41) is 3.82. The van der Waals surface area contributed by atoms with Crippen LogP contribution >= 0.6 is 11.6 Å². The van der Waals surface area contributed by atoms with E-state index in [-0.39, 0.29) is 6.04 Å². The van der Waals surface area contributed by atoms with Crippen LogP contribution in [0.1, 0.15) is 17.3 Å². The molecule has 1 N–H and O–H groups in total. The van der Waals surface area contributed by atoms with Gasteiger partial charge in [0.05, 0.1) is 19.2 Å². The highest BCUT2D eigenvalue weighted by molar-refractivity contribution is 6.32. The van der Waals surface area contributed by atoms with E-state index in [2.05, 4.69) is 10.3 Å². The average Bonchev–Trinajstić information content (AvgIpc) is 2.52. The molecule has 0 aliphatic rings. The number of likely N-dealkylation sites (N-methyl/N-ethyl adjacent to an activating group) is 1. The Morgan fingerprint density at radius 3 is 2.62 bits per heavy atom. The van der Waals surface area contributed by atoms with Crippen LogP contribution in [0.4, 0.5) is 0 Å². The zero-order chi connectivity index (χ0) is 15.2. The molecule has 112 valence electrons. The van der Waals surface area contributed by atoms with E-state index in [0.29, 0.717) is 16.5 Å². The third kappa shape index (κ3) is 3.65. The van der Waals surface area contributed by atoms with Gasteiger partial charge in [0.1, 0.15) is 0 Å². The van der Waals surface area contributed by atoms with Crippen molar-refractivity contribution >= 4 is 11.6 Å². The highest BCUT2D eigenvalue weighted by atomic mass is 35.5. The molecule has 0 bridgehead atoms. The monoisotopic (exact) mass is 306 g/mol. The third-order valence-electron chi connectivity index (χ3n) is 3.35. The van der Waals surface area contributed by atoms with Crippen molar-refractivity contribution in [3.63, 3.8) is 0 Å². The second kappa shape index (κ2) is 7.29. The molecule has 2 aromatic rings.